The van der Waals surface area contributed by atoms with Gasteiger partial charge in [0.15, 0.2) is 0 Å². The SMILES string of the molecule is C=CCC(C=C)N(/C=C/C)C(=C)C. The van der Waals surface area contributed by atoms with Crippen LogP contribution in [0.5, 0.6) is 0 Å². The standard InChI is InChI=1S/C12H19N/c1-6-9-12(8-3)13(10-7-2)11(4)5/h6-8,10,12H,1,3-4,9H2,2,5H3/b10-7+. The molecule has 0 heterocycles. The van der Waals surface area contributed by atoms with E-state index in [-0.39, 0.29) is 6.04 Å². The van der Waals surface area contributed by atoms with Gasteiger partial charge < -0.3 is 4.90 Å². The average Bonchev–Trinajstić information content (AvgIpc) is 2.10. The maximum atomic E-state index is 3.92. The maximum absolute atomic E-state index is 3.92. The van der Waals surface area contributed by atoms with Crippen LogP contribution in [0.1, 0.15) is 20.3 Å². The molecule has 0 spiro atoms. The Morgan fingerprint density at radius 2 is 2.08 bits per heavy atom. The molecule has 0 rings (SSSR count). The third-order valence-corrected chi connectivity index (χ3v) is 1.79. The predicted octanol–water partition coefficient (Wildman–Crippen LogP) is 3.49. The quantitative estimate of drug-likeness (QED) is 0.561. The van der Waals surface area contributed by atoms with Crippen LogP contribution in [0, 0.1) is 0 Å². The molecule has 1 atom stereocenters. The zero-order valence-electron chi connectivity index (χ0n) is 8.66. The number of hydrogen-bond donors (Lipinski definition) is 0. The van der Waals surface area contributed by atoms with E-state index < -0.39 is 0 Å². The molecule has 0 aliphatic heterocycles. The lowest BCUT2D eigenvalue weighted by atomic mass is 10.1. The van der Waals surface area contributed by atoms with Gasteiger partial charge in [0.05, 0.1) is 6.04 Å². The second kappa shape index (κ2) is 6.30. The van der Waals surface area contributed by atoms with E-state index in [0.29, 0.717) is 0 Å². The van der Waals surface area contributed by atoms with Crippen molar-refractivity contribution >= 4 is 0 Å². The van der Waals surface area contributed by atoms with E-state index in [9.17, 15) is 0 Å². The minimum absolute atomic E-state index is 0.270. The first-order valence-electron chi connectivity index (χ1n) is 4.47. The lowest BCUT2D eigenvalue weighted by Gasteiger charge is -2.27. The van der Waals surface area contributed by atoms with Gasteiger partial charge in [-0.15, -0.1) is 13.2 Å². The first-order chi connectivity index (χ1) is 6.17. The Bertz CT molecular complexity index is 213. The molecule has 0 radical (unpaired) electrons. The summed E-state index contributed by atoms with van der Waals surface area (Å²) < 4.78 is 0. The largest absolute Gasteiger partial charge is 0.346 e. The van der Waals surface area contributed by atoms with E-state index in [0.717, 1.165) is 12.1 Å². The van der Waals surface area contributed by atoms with E-state index in [1.165, 1.54) is 0 Å². The number of rotatable bonds is 6. The summed E-state index contributed by atoms with van der Waals surface area (Å²) in [6.07, 6.45) is 8.70. The summed E-state index contributed by atoms with van der Waals surface area (Å²) in [6.45, 7) is 15.4. The molecule has 0 fully saturated rings. The van der Waals surface area contributed by atoms with Crippen molar-refractivity contribution in [3.05, 3.63) is 49.9 Å². The highest BCUT2D eigenvalue weighted by Crippen LogP contribution is 2.12. The number of allylic oxidation sites excluding steroid dienone is 2. The fourth-order valence-electron chi connectivity index (χ4n) is 1.18. The first kappa shape index (κ1) is 11.8. The third-order valence-electron chi connectivity index (χ3n) is 1.79. The Kier molecular flexibility index (Phi) is 5.69. The highest BCUT2D eigenvalue weighted by Gasteiger charge is 2.09. The number of hydrogen-bond acceptors (Lipinski definition) is 1. The van der Waals surface area contributed by atoms with Gasteiger partial charge in [0.1, 0.15) is 0 Å². The van der Waals surface area contributed by atoms with Crippen LogP contribution in [-0.4, -0.2) is 10.9 Å². The molecule has 0 saturated heterocycles. The van der Waals surface area contributed by atoms with Gasteiger partial charge in [-0.05, 0) is 20.3 Å². The lowest BCUT2D eigenvalue weighted by Crippen LogP contribution is -2.26. The summed E-state index contributed by atoms with van der Waals surface area (Å²) in [5.41, 5.74) is 1.02. The van der Waals surface area contributed by atoms with Crippen LogP contribution < -0.4 is 0 Å². The van der Waals surface area contributed by atoms with E-state index in [2.05, 4.69) is 24.6 Å². The zero-order chi connectivity index (χ0) is 10.3. The zero-order valence-corrected chi connectivity index (χ0v) is 8.66. The molecule has 0 aliphatic rings. The Balaban J connectivity index is 4.56. The second-order valence-corrected chi connectivity index (χ2v) is 2.95. The summed E-state index contributed by atoms with van der Waals surface area (Å²) >= 11 is 0. The molecule has 0 aliphatic carbocycles. The van der Waals surface area contributed by atoms with Crippen LogP contribution in [0.25, 0.3) is 0 Å². The lowest BCUT2D eigenvalue weighted by molar-refractivity contribution is 0.397. The van der Waals surface area contributed by atoms with Gasteiger partial charge in [-0.3, -0.25) is 0 Å². The molecule has 0 aromatic carbocycles. The summed E-state index contributed by atoms with van der Waals surface area (Å²) in [4.78, 5) is 2.09. The van der Waals surface area contributed by atoms with Crippen molar-refractivity contribution < 1.29 is 0 Å². The Morgan fingerprint density at radius 1 is 1.46 bits per heavy atom. The fourth-order valence-corrected chi connectivity index (χ4v) is 1.18. The van der Waals surface area contributed by atoms with Crippen molar-refractivity contribution in [3.8, 4) is 0 Å². The van der Waals surface area contributed by atoms with Gasteiger partial charge >= 0.3 is 0 Å². The molecule has 0 bridgehead atoms. The van der Waals surface area contributed by atoms with Gasteiger partial charge in [-0.25, -0.2) is 0 Å². The van der Waals surface area contributed by atoms with Gasteiger partial charge in [0.25, 0.3) is 0 Å². The van der Waals surface area contributed by atoms with Crippen LogP contribution >= 0.6 is 0 Å². The third kappa shape index (κ3) is 3.79. The summed E-state index contributed by atoms with van der Waals surface area (Å²) in [5, 5.41) is 0. The highest BCUT2D eigenvalue weighted by molar-refractivity contribution is 5.06. The van der Waals surface area contributed by atoms with Gasteiger partial charge in [-0.2, -0.15) is 0 Å². The summed E-state index contributed by atoms with van der Waals surface area (Å²) in [6, 6.07) is 0.270. The van der Waals surface area contributed by atoms with E-state index >= 15 is 0 Å². The van der Waals surface area contributed by atoms with Crippen LogP contribution in [0.2, 0.25) is 0 Å². The van der Waals surface area contributed by atoms with Crippen molar-refractivity contribution in [3.63, 3.8) is 0 Å². The molecule has 0 saturated carbocycles. The molecule has 0 N–H and O–H groups in total. The monoisotopic (exact) mass is 177 g/mol. The predicted molar refractivity (Wildman–Crippen MR) is 60.3 cm³/mol. The molecule has 1 unspecified atom stereocenters. The van der Waals surface area contributed by atoms with Crippen LogP contribution in [-0.2, 0) is 0 Å². The smallest absolute Gasteiger partial charge is 0.0544 e. The maximum Gasteiger partial charge on any atom is 0.0544 e. The molecule has 0 aromatic rings. The minimum Gasteiger partial charge on any atom is -0.346 e. The molecule has 13 heavy (non-hydrogen) atoms. The fraction of sp³-hybridized carbons (Fsp3) is 0.333. The van der Waals surface area contributed by atoms with Gasteiger partial charge in [0.2, 0.25) is 0 Å². The van der Waals surface area contributed by atoms with Crippen molar-refractivity contribution in [2.45, 2.75) is 26.3 Å². The van der Waals surface area contributed by atoms with Crippen molar-refractivity contribution in [2.75, 3.05) is 0 Å². The molecule has 1 heteroatoms. The first-order valence-corrected chi connectivity index (χ1v) is 4.47. The van der Waals surface area contributed by atoms with Crippen LogP contribution in [0.4, 0.5) is 0 Å². The van der Waals surface area contributed by atoms with Gasteiger partial charge in [0, 0.05) is 11.9 Å². The number of nitrogens with zero attached hydrogens (tertiary/aromatic N) is 1. The average molecular weight is 177 g/mol. The Hall–Kier alpha value is -1.24. The molecule has 1 nitrogen and oxygen atoms in total. The van der Waals surface area contributed by atoms with E-state index in [1.54, 1.807) is 0 Å². The molecule has 0 aromatic heterocycles. The Labute approximate surface area is 81.8 Å². The molecule has 0 amide bonds. The van der Waals surface area contributed by atoms with Gasteiger partial charge in [-0.1, -0.05) is 24.8 Å². The summed E-state index contributed by atoms with van der Waals surface area (Å²) in [5.74, 6) is 0. The van der Waals surface area contributed by atoms with Crippen LogP contribution in [0.15, 0.2) is 49.9 Å². The van der Waals surface area contributed by atoms with Crippen molar-refractivity contribution in [1.29, 1.82) is 0 Å². The van der Waals surface area contributed by atoms with Crippen molar-refractivity contribution in [2.24, 2.45) is 0 Å². The summed E-state index contributed by atoms with van der Waals surface area (Å²) in [7, 11) is 0. The van der Waals surface area contributed by atoms with E-state index in [1.807, 2.05) is 38.3 Å². The molecular formula is C12H19N. The topological polar surface area (TPSA) is 3.24 Å². The van der Waals surface area contributed by atoms with Crippen LogP contribution in [0.3, 0.4) is 0 Å². The molecule has 72 valence electrons. The normalized spacial score (nSPS) is 12.5. The van der Waals surface area contributed by atoms with E-state index in [4.69, 9.17) is 0 Å². The Morgan fingerprint density at radius 3 is 2.38 bits per heavy atom. The molecular weight excluding hydrogens is 158 g/mol. The second-order valence-electron chi connectivity index (χ2n) is 2.95. The van der Waals surface area contributed by atoms with Crippen molar-refractivity contribution in [1.82, 2.24) is 4.90 Å². The minimum atomic E-state index is 0.270. The highest BCUT2D eigenvalue weighted by atomic mass is 15.1.